The number of benzene rings is 1. The minimum Gasteiger partial charge on any atom is -0.376 e. The SMILES string of the molecule is O=C(CNc1cccc(F)c1)NCC(F)(F)F. The van der Waals surface area contributed by atoms with E-state index >= 15 is 0 Å². The van der Waals surface area contributed by atoms with Crippen molar-refractivity contribution in [1.82, 2.24) is 5.32 Å². The van der Waals surface area contributed by atoms with Crippen LogP contribution in [0.4, 0.5) is 23.2 Å². The van der Waals surface area contributed by atoms with Crippen LogP contribution in [-0.2, 0) is 4.79 Å². The van der Waals surface area contributed by atoms with Gasteiger partial charge in [-0.15, -0.1) is 0 Å². The van der Waals surface area contributed by atoms with E-state index in [1.165, 1.54) is 18.2 Å². The first-order valence-electron chi connectivity index (χ1n) is 4.70. The lowest BCUT2D eigenvalue weighted by atomic mass is 10.3. The normalized spacial score (nSPS) is 11.1. The molecule has 0 heterocycles. The number of alkyl halides is 3. The number of anilines is 1. The zero-order chi connectivity index (χ0) is 12.9. The van der Waals surface area contributed by atoms with E-state index in [9.17, 15) is 22.4 Å². The molecule has 0 radical (unpaired) electrons. The lowest BCUT2D eigenvalue weighted by molar-refractivity contribution is -0.137. The molecule has 0 saturated heterocycles. The van der Waals surface area contributed by atoms with Crippen molar-refractivity contribution in [3.8, 4) is 0 Å². The van der Waals surface area contributed by atoms with Gasteiger partial charge < -0.3 is 10.6 Å². The van der Waals surface area contributed by atoms with Crippen molar-refractivity contribution in [2.75, 3.05) is 18.4 Å². The van der Waals surface area contributed by atoms with E-state index in [0.717, 1.165) is 6.07 Å². The van der Waals surface area contributed by atoms with E-state index in [2.05, 4.69) is 5.32 Å². The molecular weight excluding hydrogens is 240 g/mol. The summed E-state index contributed by atoms with van der Waals surface area (Å²) in [5, 5.41) is 4.19. The number of amides is 1. The maximum Gasteiger partial charge on any atom is 0.405 e. The molecule has 17 heavy (non-hydrogen) atoms. The summed E-state index contributed by atoms with van der Waals surface area (Å²) >= 11 is 0. The summed E-state index contributed by atoms with van der Waals surface area (Å²) in [4.78, 5) is 11.0. The van der Waals surface area contributed by atoms with Gasteiger partial charge in [0, 0.05) is 5.69 Å². The molecule has 0 aliphatic rings. The van der Waals surface area contributed by atoms with E-state index in [-0.39, 0.29) is 6.54 Å². The van der Waals surface area contributed by atoms with Crippen LogP contribution in [0.1, 0.15) is 0 Å². The highest BCUT2D eigenvalue weighted by Gasteiger charge is 2.27. The van der Waals surface area contributed by atoms with Crippen LogP contribution in [0.3, 0.4) is 0 Å². The lowest BCUT2D eigenvalue weighted by Crippen LogP contribution is -2.37. The van der Waals surface area contributed by atoms with Crippen LogP contribution in [0.25, 0.3) is 0 Å². The standard InChI is InChI=1S/C10H10F4N2O/c11-7-2-1-3-8(4-7)15-5-9(17)16-6-10(12,13)14/h1-4,15H,5-6H2,(H,16,17). The van der Waals surface area contributed by atoms with Crippen LogP contribution in [0.5, 0.6) is 0 Å². The molecular formula is C10H10F4N2O. The van der Waals surface area contributed by atoms with Gasteiger partial charge in [0.2, 0.25) is 5.91 Å². The van der Waals surface area contributed by atoms with Gasteiger partial charge in [0.25, 0.3) is 0 Å². The molecule has 7 heteroatoms. The van der Waals surface area contributed by atoms with E-state index < -0.39 is 24.4 Å². The van der Waals surface area contributed by atoms with Crippen molar-refractivity contribution in [3.05, 3.63) is 30.1 Å². The third kappa shape index (κ3) is 5.74. The second-order valence-electron chi connectivity index (χ2n) is 3.26. The van der Waals surface area contributed by atoms with Gasteiger partial charge in [-0.05, 0) is 18.2 Å². The summed E-state index contributed by atoms with van der Waals surface area (Å²) in [5.74, 6) is -1.31. The number of hydrogen-bond donors (Lipinski definition) is 2. The Morgan fingerprint density at radius 3 is 2.59 bits per heavy atom. The molecule has 0 unspecified atom stereocenters. The van der Waals surface area contributed by atoms with Crippen molar-refractivity contribution in [2.24, 2.45) is 0 Å². The predicted octanol–water partition coefficient (Wildman–Crippen LogP) is 1.92. The highest BCUT2D eigenvalue weighted by molar-refractivity contribution is 5.80. The first kappa shape index (κ1) is 13.3. The maximum absolute atomic E-state index is 12.7. The summed E-state index contributed by atoms with van der Waals surface area (Å²) in [6.07, 6.45) is -4.44. The van der Waals surface area contributed by atoms with E-state index in [1.54, 1.807) is 5.32 Å². The highest BCUT2D eigenvalue weighted by Crippen LogP contribution is 2.12. The van der Waals surface area contributed by atoms with Gasteiger partial charge in [-0.1, -0.05) is 6.07 Å². The second-order valence-corrected chi connectivity index (χ2v) is 3.26. The first-order valence-corrected chi connectivity index (χ1v) is 4.70. The van der Waals surface area contributed by atoms with Gasteiger partial charge in [-0.3, -0.25) is 4.79 Å². The largest absolute Gasteiger partial charge is 0.405 e. The fourth-order valence-electron chi connectivity index (χ4n) is 1.04. The van der Waals surface area contributed by atoms with Crippen molar-refractivity contribution in [3.63, 3.8) is 0 Å². The molecule has 1 aromatic rings. The second kappa shape index (κ2) is 5.51. The van der Waals surface area contributed by atoms with Crippen molar-refractivity contribution in [2.45, 2.75) is 6.18 Å². The summed E-state index contributed by atoms with van der Waals surface area (Å²) in [6, 6.07) is 5.28. The van der Waals surface area contributed by atoms with Gasteiger partial charge in [-0.2, -0.15) is 13.2 Å². The number of hydrogen-bond acceptors (Lipinski definition) is 2. The Labute approximate surface area is 94.8 Å². The lowest BCUT2D eigenvalue weighted by Gasteiger charge is -2.09. The Hall–Kier alpha value is -1.79. The average Bonchev–Trinajstić information content (AvgIpc) is 2.23. The van der Waals surface area contributed by atoms with Crippen LogP contribution < -0.4 is 10.6 Å². The smallest absolute Gasteiger partial charge is 0.376 e. The average molecular weight is 250 g/mol. The van der Waals surface area contributed by atoms with E-state index in [1.807, 2.05) is 0 Å². The molecule has 0 atom stereocenters. The molecule has 0 fully saturated rings. The summed E-state index contributed by atoms with van der Waals surface area (Å²) < 4.78 is 47.9. The number of halogens is 4. The fourth-order valence-corrected chi connectivity index (χ4v) is 1.04. The van der Waals surface area contributed by atoms with Crippen LogP contribution in [0.15, 0.2) is 24.3 Å². The summed E-state index contributed by atoms with van der Waals surface area (Å²) in [6.45, 7) is -1.73. The molecule has 2 N–H and O–H groups in total. The molecule has 0 aromatic heterocycles. The molecule has 1 amide bonds. The quantitative estimate of drug-likeness (QED) is 0.801. The van der Waals surface area contributed by atoms with Crippen molar-refractivity contribution in [1.29, 1.82) is 0 Å². The first-order chi connectivity index (χ1) is 7.87. The maximum atomic E-state index is 12.7. The number of carbonyl (C=O) groups excluding carboxylic acids is 1. The molecule has 94 valence electrons. The monoisotopic (exact) mass is 250 g/mol. The zero-order valence-electron chi connectivity index (χ0n) is 8.64. The predicted molar refractivity (Wildman–Crippen MR) is 54.0 cm³/mol. The summed E-state index contributed by atoms with van der Waals surface area (Å²) in [5.41, 5.74) is 0.326. The molecule has 1 aromatic carbocycles. The summed E-state index contributed by atoms with van der Waals surface area (Å²) in [7, 11) is 0. The molecule has 0 aliphatic heterocycles. The Kier molecular flexibility index (Phi) is 4.30. The van der Waals surface area contributed by atoms with Crippen LogP contribution in [-0.4, -0.2) is 25.2 Å². The molecule has 0 bridgehead atoms. The molecule has 3 nitrogen and oxygen atoms in total. The fraction of sp³-hybridized carbons (Fsp3) is 0.300. The van der Waals surface area contributed by atoms with E-state index in [0.29, 0.717) is 5.69 Å². The third-order valence-electron chi connectivity index (χ3n) is 1.76. The number of nitrogens with one attached hydrogen (secondary N) is 2. The van der Waals surface area contributed by atoms with Gasteiger partial charge in [0.05, 0.1) is 6.54 Å². The molecule has 0 spiro atoms. The molecule has 0 saturated carbocycles. The third-order valence-corrected chi connectivity index (χ3v) is 1.76. The topological polar surface area (TPSA) is 41.1 Å². The zero-order valence-corrected chi connectivity index (χ0v) is 8.64. The van der Waals surface area contributed by atoms with Crippen LogP contribution in [0, 0.1) is 5.82 Å². The molecule has 0 aliphatic carbocycles. The van der Waals surface area contributed by atoms with Crippen molar-refractivity contribution < 1.29 is 22.4 Å². The molecule has 1 rings (SSSR count). The Morgan fingerprint density at radius 2 is 2.00 bits per heavy atom. The van der Waals surface area contributed by atoms with Gasteiger partial charge in [-0.25, -0.2) is 4.39 Å². The minimum atomic E-state index is -4.44. The van der Waals surface area contributed by atoms with Crippen LogP contribution in [0.2, 0.25) is 0 Å². The Balaban J connectivity index is 2.33. The van der Waals surface area contributed by atoms with Crippen LogP contribution >= 0.6 is 0 Å². The number of carbonyl (C=O) groups is 1. The van der Waals surface area contributed by atoms with Gasteiger partial charge in [0.1, 0.15) is 12.4 Å². The van der Waals surface area contributed by atoms with Crippen molar-refractivity contribution >= 4 is 11.6 Å². The Morgan fingerprint density at radius 1 is 1.29 bits per heavy atom. The minimum absolute atomic E-state index is 0.326. The van der Waals surface area contributed by atoms with Gasteiger partial charge >= 0.3 is 6.18 Å². The van der Waals surface area contributed by atoms with E-state index in [4.69, 9.17) is 0 Å². The number of rotatable bonds is 4. The highest BCUT2D eigenvalue weighted by atomic mass is 19.4. The van der Waals surface area contributed by atoms with Gasteiger partial charge in [0.15, 0.2) is 0 Å². The Bertz CT molecular complexity index is 392.